The average molecular weight is 211 g/mol. The molecular formula is C10H10FNO3. The van der Waals surface area contributed by atoms with Gasteiger partial charge in [0, 0.05) is 6.20 Å². The van der Waals surface area contributed by atoms with E-state index in [4.69, 9.17) is 0 Å². The van der Waals surface area contributed by atoms with Crippen LogP contribution in [0, 0.1) is 5.82 Å². The zero-order chi connectivity index (χ0) is 11.4. The molecule has 0 spiro atoms. The third-order valence-corrected chi connectivity index (χ3v) is 1.82. The summed E-state index contributed by atoms with van der Waals surface area (Å²) in [4.78, 5) is 14.6. The number of carbonyl (C=O) groups excluding carboxylic acids is 1. The number of hydrogen-bond acceptors (Lipinski definition) is 4. The first kappa shape index (κ1) is 11.3. The van der Waals surface area contributed by atoms with Crippen LogP contribution in [0.5, 0.6) is 0 Å². The van der Waals surface area contributed by atoms with E-state index in [-0.39, 0.29) is 11.3 Å². The topological polar surface area (TPSA) is 59.4 Å². The highest BCUT2D eigenvalue weighted by Gasteiger charge is 2.22. The first-order chi connectivity index (χ1) is 7.07. The molecule has 1 aromatic rings. The summed E-state index contributed by atoms with van der Waals surface area (Å²) in [7, 11) is 1.15. The van der Waals surface area contributed by atoms with Gasteiger partial charge in [-0.15, -0.1) is 0 Å². The number of methoxy groups -OCH3 is 1. The third-order valence-electron chi connectivity index (χ3n) is 1.82. The Kier molecular flexibility index (Phi) is 3.51. The van der Waals surface area contributed by atoms with Crippen molar-refractivity contribution in [3.63, 3.8) is 0 Å². The van der Waals surface area contributed by atoms with Crippen molar-refractivity contribution in [3.05, 3.63) is 42.0 Å². The van der Waals surface area contributed by atoms with Crippen LogP contribution >= 0.6 is 0 Å². The van der Waals surface area contributed by atoms with Crippen molar-refractivity contribution >= 4 is 5.97 Å². The standard InChI is InChI=1S/C10H10FNO3/c1-6(10(14)15-2)9(13)8-7(11)4-3-5-12-8/h3-5,9,13H,1H2,2H3. The van der Waals surface area contributed by atoms with Crippen molar-refractivity contribution in [1.29, 1.82) is 0 Å². The first-order valence-corrected chi connectivity index (χ1v) is 4.13. The minimum absolute atomic E-state index is 0.243. The molecule has 0 aliphatic rings. The number of ether oxygens (including phenoxy) is 1. The Morgan fingerprint density at radius 2 is 2.40 bits per heavy atom. The van der Waals surface area contributed by atoms with Gasteiger partial charge in [-0.1, -0.05) is 6.58 Å². The fourth-order valence-corrected chi connectivity index (χ4v) is 1.01. The van der Waals surface area contributed by atoms with Crippen LogP contribution in [0.15, 0.2) is 30.5 Å². The van der Waals surface area contributed by atoms with Crippen LogP contribution in [0.3, 0.4) is 0 Å². The van der Waals surface area contributed by atoms with Crippen LogP contribution in [0.25, 0.3) is 0 Å². The predicted molar refractivity (Wildman–Crippen MR) is 50.3 cm³/mol. The van der Waals surface area contributed by atoms with Gasteiger partial charge in [0.05, 0.1) is 12.7 Å². The fraction of sp³-hybridized carbons (Fsp3) is 0.200. The van der Waals surface area contributed by atoms with Gasteiger partial charge in [0.1, 0.15) is 17.6 Å². The van der Waals surface area contributed by atoms with Crippen molar-refractivity contribution < 1.29 is 19.0 Å². The summed E-state index contributed by atoms with van der Waals surface area (Å²) in [6.45, 7) is 3.31. The van der Waals surface area contributed by atoms with Crippen LogP contribution in [0.2, 0.25) is 0 Å². The van der Waals surface area contributed by atoms with Crippen LogP contribution in [0.4, 0.5) is 4.39 Å². The molecule has 0 saturated carbocycles. The SMILES string of the molecule is C=C(C(=O)OC)C(O)c1ncccc1F. The maximum Gasteiger partial charge on any atom is 0.336 e. The van der Waals surface area contributed by atoms with E-state index >= 15 is 0 Å². The van der Waals surface area contributed by atoms with Gasteiger partial charge in [-0.2, -0.15) is 0 Å². The zero-order valence-corrected chi connectivity index (χ0v) is 8.11. The third kappa shape index (κ3) is 2.38. The van der Waals surface area contributed by atoms with E-state index in [9.17, 15) is 14.3 Å². The number of carbonyl (C=O) groups is 1. The Labute approximate surface area is 86.0 Å². The molecule has 1 aromatic heterocycles. The zero-order valence-electron chi connectivity index (χ0n) is 8.11. The molecule has 1 rings (SSSR count). The highest BCUT2D eigenvalue weighted by Crippen LogP contribution is 2.21. The van der Waals surface area contributed by atoms with Gasteiger partial charge >= 0.3 is 5.97 Å². The van der Waals surface area contributed by atoms with Crippen LogP contribution in [-0.4, -0.2) is 23.2 Å². The van der Waals surface area contributed by atoms with E-state index in [0.29, 0.717) is 0 Å². The molecule has 1 atom stereocenters. The molecule has 0 aliphatic heterocycles. The Balaban J connectivity index is 2.95. The van der Waals surface area contributed by atoms with Gasteiger partial charge < -0.3 is 9.84 Å². The second kappa shape index (κ2) is 4.65. The summed E-state index contributed by atoms with van der Waals surface area (Å²) in [5.41, 5.74) is -0.497. The molecule has 0 aliphatic carbocycles. The molecule has 0 fully saturated rings. The minimum Gasteiger partial charge on any atom is -0.466 e. The summed E-state index contributed by atoms with van der Waals surface area (Å²) < 4.78 is 17.5. The van der Waals surface area contributed by atoms with Crippen molar-refractivity contribution in [3.8, 4) is 0 Å². The van der Waals surface area contributed by atoms with Crippen molar-refractivity contribution in [2.45, 2.75) is 6.10 Å². The van der Waals surface area contributed by atoms with Gasteiger partial charge in [-0.05, 0) is 12.1 Å². The lowest BCUT2D eigenvalue weighted by molar-refractivity contribution is -0.137. The van der Waals surface area contributed by atoms with Crippen LogP contribution in [-0.2, 0) is 9.53 Å². The highest BCUT2D eigenvalue weighted by atomic mass is 19.1. The predicted octanol–water partition coefficient (Wildman–Crippen LogP) is 0.983. The van der Waals surface area contributed by atoms with Gasteiger partial charge in [-0.25, -0.2) is 9.18 Å². The second-order valence-corrected chi connectivity index (χ2v) is 2.79. The largest absolute Gasteiger partial charge is 0.466 e. The normalized spacial score (nSPS) is 11.9. The lowest BCUT2D eigenvalue weighted by atomic mass is 10.1. The number of hydrogen-bond donors (Lipinski definition) is 1. The fourth-order valence-electron chi connectivity index (χ4n) is 1.01. The van der Waals surface area contributed by atoms with Gasteiger partial charge in [0.2, 0.25) is 0 Å². The van der Waals surface area contributed by atoms with E-state index in [2.05, 4.69) is 16.3 Å². The van der Waals surface area contributed by atoms with Crippen molar-refractivity contribution in [2.75, 3.05) is 7.11 Å². The molecule has 0 aromatic carbocycles. The lowest BCUT2D eigenvalue weighted by Gasteiger charge is -2.11. The molecule has 0 saturated heterocycles. The van der Waals surface area contributed by atoms with Gasteiger partial charge in [0.25, 0.3) is 0 Å². The first-order valence-electron chi connectivity index (χ1n) is 4.13. The summed E-state index contributed by atoms with van der Waals surface area (Å²) >= 11 is 0. The number of pyridine rings is 1. The Morgan fingerprint density at radius 3 is 2.93 bits per heavy atom. The monoisotopic (exact) mass is 211 g/mol. The Bertz CT molecular complexity index is 392. The molecule has 0 radical (unpaired) electrons. The van der Waals surface area contributed by atoms with Crippen LogP contribution in [0.1, 0.15) is 11.8 Å². The minimum atomic E-state index is -1.49. The van der Waals surface area contributed by atoms with E-state index < -0.39 is 17.9 Å². The second-order valence-electron chi connectivity index (χ2n) is 2.79. The Hall–Kier alpha value is -1.75. The molecular weight excluding hydrogens is 201 g/mol. The molecule has 0 bridgehead atoms. The van der Waals surface area contributed by atoms with E-state index in [1.807, 2.05) is 0 Å². The summed E-state index contributed by atoms with van der Waals surface area (Å²) in [6.07, 6.45) is -0.176. The number of rotatable bonds is 3. The van der Waals surface area contributed by atoms with E-state index in [1.54, 1.807) is 0 Å². The number of halogens is 1. The van der Waals surface area contributed by atoms with Crippen molar-refractivity contribution in [2.24, 2.45) is 0 Å². The smallest absolute Gasteiger partial charge is 0.336 e. The molecule has 0 amide bonds. The molecule has 1 unspecified atom stereocenters. The number of nitrogens with zero attached hydrogens (tertiary/aromatic N) is 1. The number of esters is 1. The highest BCUT2D eigenvalue weighted by molar-refractivity contribution is 5.88. The van der Waals surface area contributed by atoms with E-state index in [1.165, 1.54) is 12.3 Å². The molecule has 1 heterocycles. The molecule has 4 nitrogen and oxygen atoms in total. The van der Waals surface area contributed by atoms with E-state index in [0.717, 1.165) is 13.2 Å². The number of aliphatic hydroxyl groups is 1. The maximum atomic E-state index is 13.2. The average Bonchev–Trinajstić information content (AvgIpc) is 2.26. The van der Waals surface area contributed by atoms with Gasteiger partial charge in [-0.3, -0.25) is 4.98 Å². The molecule has 15 heavy (non-hydrogen) atoms. The quantitative estimate of drug-likeness (QED) is 0.598. The van der Waals surface area contributed by atoms with Crippen molar-refractivity contribution in [1.82, 2.24) is 4.98 Å². The number of aliphatic hydroxyl groups excluding tert-OH is 1. The number of aromatic nitrogens is 1. The Morgan fingerprint density at radius 1 is 1.73 bits per heavy atom. The molecule has 5 heteroatoms. The molecule has 80 valence electrons. The molecule has 1 N–H and O–H groups in total. The summed E-state index contributed by atoms with van der Waals surface area (Å²) in [6, 6.07) is 2.52. The lowest BCUT2D eigenvalue weighted by Crippen LogP contribution is -2.14. The maximum absolute atomic E-state index is 13.2. The van der Waals surface area contributed by atoms with Crippen LogP contribution < -0.4 is 0 Å². The van der Waals surface area contributed by atoms with Gasteiger partial charge in [0.15, 0.2) is 0 Å². The summed E-state index contributed by atoms with van der Waals surface area (Å²) in [5, 5.41) is 9.57. The summed E-state index contributed by atoms with van der Waals surface area (Å²) in [5.74, 6) is -1.50.